The van der Waals surface area contributed by atoms with Crippen LogP contribution in [-0.2, 0) is 20.5 Å². The van der Waals surface area contributed by atoms with E-state index in [0.717, 1.165) is 24.6 Å². The van der Waals surface area contributed by atoms with Gasteiger partial charge in [-0.2, -0.15) is 13.2 Å². The van der Waals surface area contributed by atoms with Crippen molar-refractivity contribution in [3.8, 4) is 0 Å². The van der Waals surface area contributed by atoms with E-state index >= 15 is 0 Å². The third kappa shape index (κ3) is 7.20. The van der Waals surface area contributed by atoms with Gasteiger partial charge in [-0.3, -0.25) is 9.59 Å². The minimum Gasteiger partial charge on any atom is -0.454 e. The Kier molecular flexibility index (Phi) is 7.91. The van der Waals surface area contributed by atoms with Gasteiger partial charge in [-0.25, -0.2) is 4.79 Å². The van der Waals surface area contributed by atoms with Crippen LogP contribution in [-0.4, -0.2) is 24.3 Å². The number of alkyl halides is 3. The van der Waals surface area contributed by atoms with E-state index in [2.05, 4.69) is 5.32 Å². The molecule has 0 unspecified atom stereocenters. The predicted octanol–water partition coefficient (Wildman–Crippen LogP) is 4.88. The van der Waals surface area contributed by atoms with Crippen LogP contribution < -0.4 is 5.32 Å². The topological polar surface area (TPSA) is 72.5 Å². The molecule has 0 aliphatic rings. The second-order valence-electron chi connectivity index (χ2n) is 6.36. The maximum Gasteiger partial charge on any atom is 0.416 e. The van der Waals surface area contributed by atoms with Gasteiger partial charge in [0.2, 0.25) is 5.91 Å². The predicted molar refractivity (Wildman–Crippen MR) is 106 cm³/mol. The Morgan fingerprint density at radius 1 is 1.07 bits per heavy atom. The number of ketones is 1. The number of hydrogen-bond donors (Lipinski definition) is 1. The van der Waals surface area contributed by atoms with Crippen LogP contribution in [0.2, 0.25) is 0 Å². The zero-order valence-corrected chi connectivity index (χ0v) is 16.2. The fourth-order valence-corrected chi connectivity index (χ4v) is 2.44. The molecule has 5 nitrogen and oxygen atoms in total. The molecule has 0 spiro atoms. The molecule has 0 atom stereocenters. The van der Waals surface area contributed by atoms with Gasteiger partial charge in [0.1, 0.15) is 0 Å². The van der Waals surface area contributed by atoms with Gasteiger partial charge in [-0.1, -0.05) is 19.1 Å². The number of nitrogens with one attached hydrogen (secondary N) is 1. The summed E-state index contributed by atoms with van der Waals surface area (Å²) in [4.78, 5) is 35.4. The molecule has 0 saturated carbocycles. The van der Waals surface area contributed by atoms with Crippen LogP contribution in [0.1, 0.15) is 41.3 Å². The minimum absolute atomic E-state index is 0.127. The molecule has 2 aromatic carbocycles. The third-order valence-corrected chi connectivity index (χ3v) is 3.94. The summed E-state index contributed by atoms with van der Waals surface area (Å²) in [6.07, 6.45) is -1.24. The summed E-state index contributed by atoms with van der Waals surface area (Å²) in [7, 11) is 0. The highest BCUT2D eigenvalue weighted by Gasteiger charge is 2.30. The number of anilines is 1. The number of halogens is 3. The molecule has 1 amide bonds. The van der Waals surface area contributed by atoms with Crippen molar-refractivity contribution in [3.63, 3.8) is 0 Å². The Labute approximate surface area is 171 Å². The average Bonchev–Trinajstić information content (AvgIpc) is 2.71. The van der Waals surface area contributed by atoms with Gasteiger partial charge >= 0.3 is 12.1 Å². The second kappa shape index (κ2) is 10.4. The van der Waals surface area contributed by atoms with Gasteiger partial charge in [-0.15, -0.1) is 0 Å². The molecule has 1 N–H and O–H groups in total. The first kappa shape index (κ1) is 22.9. The smallest absolute Gasteiger partial charge is 0.416 e. The Balaban J connectivity index is 1.88. The molecule has 0 bridgehead atoms. The summed E-state index contributed by atoms with van der Waals surface area (Å²) >= 11 is 0. The molecule has 2 aromatic rings. The van der Waals surface area contributed by atoms with Crippen molar-refractivity contribution in [2.75, 3.05) is 11.9 Å². The lowest BCUT2D eigenvalue weighted by Gasteiger charge is -2.07. The third-order valence-electron chi connectivity index (χ3n) is 3.94. The number of carbonyl (C=O) groups excluding carboxylic acids is 3. The van der Waals surface area contributed by atoms with E-state index in [0.29, 0.717) is 12.1 Å². The Morgan fingerprint density at radius 3 is 2.40 bits per heavy atom. The van der Waals surface area contributed by atoms with E-state index in [1.807, 2.05) is 6.92 Å². The number of Topliss-reactive ketones (excluding diaryl/α,β-unsaturated/α-hetero) is 1. The highest BCUT2D eigenvalue weighted by Crippen LogP contribution is 2.29. The number of amides is 1. The Hall–Kier alpha value is -3.42. The summed E-state index contributed by atoms with van der Waals surface area (Å²) in [5.74, 6) is -1.44. The summed E-state index contributed by atoms with van der Waals surface area (Å²) in [6.45, 7) is 1.37. The highest BCUT2D eigenvalue weighted by molar-refractivity contribution is 5.99. The van der Waals surface area contributed by atoms with E-state index < -0.39 is 30.1 Å². The van der Waals surface area contributed by atoms with E-state index in [1.54, 1.807) is 12.1 Å². The van der Waals surface area contributed by atoms with Crippen molar-refractivity contribution >= 4 is 29.4 Å². The molecule has 0 heterocycles. The molecule has 0 fully saturated rings. The maximum atomic E-state index is 12.7. The molecule has 0 aliphatic heterocycles. The average molecular weight is 419 g/mol. The molecule has 158 valence electrons. The van der Waals surface area contributed by atoms with Crippen molar-refractivity contribution in [1.29, 1.82) is 0 Å². The van der Waals surface area contributed by atoms with Crippen LogP contribution in [0.15, 0.2) is 54.6 Å². The van der Waals surface area contributed by atoms with Gasteiger partial charge < -0.3 is 10.1 Å². The maximum absolute atomic E-state index is 12.7. The molecular formula is C22H20F3NO4. The molecular weight excluding hydrogens is 399 g/mol. The van der Waals surface area contributed by atoms with Crippen molar-refractivity contribution in [1.82, 2.24) is 0 Å². The lowest BCUT2D eigenvalue weighted by Crippen LogP contribution is -2.13. The van der Waals surface area contributed by atoms with Crippen LogP contribution in [0.5, 0.6) is 0 Å². The lowest BCUT2D eigenvalue weighted by atomic mass is 10.1. The zero-order chi connectivity index (χ0) is 22.1. The minimum atomic E-state index is -4.48. The van der Waals surface area contributed by atoms with Crippen LogP contribution >= 0.6 is 0 Å². The number of benzene rings is 2. The Morgan fingerprint density at radius 2 is 1.77 bits per heavy atom. The summed E-state index contributed by atoms with van der Waals surface area (Å²) in [5.41, 5.74) is 0.181. The van der Waals surface area contributed by atoms with Crippen LogP contribution in [0, 0.1) is 0 Å². The number of rotatable bonds is 8. The fourth-order valence-electron chi connectivity index (χ4n) is 2.44. The number of ether oxygens (including phenoxy) is 1. The normalized spacial score (nSPS) is 11.3. The zero-order valence-electron chi connectivity index (χ0n) is 16.2. The van der Waals surface area contributed by atoms with Crippen molar-refractivity contribution < 1.29 is 32.3 Å². The lowest BCUT2D eigenvalue weighted by molar-refractivity contribution is -0.138. The first-order valence-electron chi connectivity index (χ1n) is 9.14. The van der Waals surface area contributed by atoms with Gasteiger partial charge in [-0.05, 0) is 54.5 Å². The van der Waals surface area contributed by atoms with E-state index in [4.69, 9.17) is 4.74 Å². The molecule has 0 radical (unpaired) electrons. The monoisotopic (exact) mass is 419 g/mol. The SMILES string of the molecule is CCCC(=O)Nc1ccc(C(=O)COC(=O)/C=C/c2cccc(C(F)(F)F)c2)cc1. The summed E-state index contributed by atoms with van der Waals surface area (Å²) < 4.78 is 42.9. The molecule has 0 saturated heterocycles. The first-order chi connectivity index (χ1) is 14.2. The quantitative estimate of drug-likeness (QED) is 0.376. The number of carbonyl (C=O) groups is 3. The van der Waals surface area contributed by atoms with Gasteiger partial charge in [0, 0.05) is 23.7 Å². The van der Waals surface area contributed by atoms with Crippen molar-refractivity contribution in [2.45, 2.75) is 25.9 Å². The molecule has 30 heavy (non-hydrogen) atoms. The first-order valence-corrected chi connectivity index (χ1v) is 9.14. The number of hydrogen-bond acceptors (Lipinski definition) is 4. The largest absolute Gasteiger partial charge is 0.454 e. The molecule has 8 heteroatoms. The second-order valence-corrected chi connectivity index (χ2v) is 6.36. The summed E-state index contributed by atoms with van der Waals surface area (Å²) in [6, 6.07) is 10.6. The summed E-state index contributed by atoms with van der Waals surface area (Å²) in [5, 5.41) is 2.69. The van der Waals surface area contributed by atoms with Gasteiger partial charge in [0.25, 0.3) is 0 Å². The van der Waals surface area contributed by atoms with Crippen molar-refractivity contribution in [3.05, 3.63) is 71.3 Å². The van der Waals surface area contributed by atoms with E-state index in [9.17, 15) is 27.6 Å². The van der Waals surface area contributed by atoms with Gasteiger partial charge in [0.15, 0.2) is 12.4 Å². The Bertz CT molecular complexity index is 934. The standard InChI is InChI=1S/C22H20F3NO4/c1-2-4-20(28)26-18-10-8-16(9-11-18)19(27)14-30-21(29)12-7-15-5-3-6-17(13-15)22(23,24)25/h3,5-13H,2,4,14H2,1H3,(H,26,28)/b12-7+. The fraction of sp³-hybridized carbons (Fsp3) is 0.227. The van der Waals surface area contributed by atoms with Crippen molar-refractivity contribution in [2.24, 2.45) is 0 Å². The number of esters is 1. The molecule has 2 rings (SSSR count). The van der Waals surface area contributed by atoms with Gasteiger partial charge in [0.05, 0.1) is 5.56 Å². The van der Waals surface area contributed by atoms with E-state index in [1.165, 1.54) is 30.3 Å². The molecule has 0 aliphatic carbocycles. The van der Waals surface area contributed by atoms with Crippen LogP contribution in [0.3, 0.4) is 0 Å². The molecule has 0 aromatic heterocycles. The highest BCUT2D eigenvalue weighted by atomic mass is 19.4. The van der Waals surface area contributed by atoms with Crippen LogP contribution in [0.4, 0.5) is 18.9 Å². The van der Waals surface area contributed by atoms with E-state index in [-0.39, 0.29) is 17.0 Å². The van der Waals surface area contributed by atoms with Crippen LogP contribution in [0.25, 0.3) is 6.08 Å².